The number of hydrazone groups is 1. The second-order valence-corrected chi connectivity index (χ2v) is 8.57. The van der Waals surface area contributed by atoms with E-state index in [4.69, 9.17) is 14.2 Å². The number of ether oxygens (including phenoxy) is 3. The number of nitrogens with one attached hydrogen (secondary N) is 1. The van der Waals surface area contributed by atoms with Gasteiger partial charge in [-0.15, -0.1) is 0 Å². The minimum Gasteiger partial charge on any atom is -0.493 e. The maximum Gasteiger partial charge on any atom is 0.255 e. The van der Waals surface area contributed by atoms with Crippen LogP contribution in [0.15, 0.2) is 47.6 Å². The van der Waals surface area contributed by atoms with Crippen LogP contribution >= 0.6 is 0 Å². The largest absolute Gasteiger partial charge is 0.493 e. The quantitative estimate of drug-likeness (QED) is 0.413. The average molecular weight is 450 g/mol. The maximum absolute atomic E-state index is 12.2. The Morgan fingerprint density at radius 3 is 2.19 bits per heavy atom. The molecule has 0 aliphatic carbocycles. The molecular weight excluding hydrogens is 422 g/mol. The molecule has 0 aliphatic heterocycles. The van der Waals surface area contributed by atoms with Gasteiger partial charge in [0, 0.05) is 12.1 Å². The van der Waals surface area contributed by atoms with Gasteiger partial charge in [-0.2, -0.15) is 9.41 Å². The summed E-state index contributed by atoms with van der Waals surface area (Å²) in [5.74, 6) is 0.771. The molecule has 2 aromatic carbocycles. The third-order valence-corrected chi connectivity index (χ3v) is 5.62. The Morgan fingerprint density at radius 1 is 1.06 bits per heavy atom. The molecule has 0 aromatic heterocycles. The normalized spacial score (nSPS) is 11.5. The molecule has 0 atom stereocenters. The number of sulfonamides is 1. The van der Waals surface area contributed by atoms with Crippen LogP contribution in [0.4, 0.5) is 0 Å². The van der Waals surface area contributed by atoms with Crippen LogP contribution in [0.25, 0.3) is 0 Å². The SMILES string of the molecule is COc1cc(C=NNC(=O)CN(CCc2ccccc2)S(C)(=O)=O)cc(OC)c1OC. The Morgan fingerprint density at radius 2 is 1.68 bits per heavy atom. The summed E-state index contributed by atoms with van der Waals surface area (Å²) in [6.07, 6.45) is 2.97. The van der Waals surface area contributed by atoms with Crippen molar-refractivity contribution < 1.29 is 27.4 Å². The van der Waals surface area contributed by atoms with Crippen LogP contribution in [0.3, 0.4) is 0 Å². The number of benzene rings is 2. The third kappa shape index (κ3) is 7.26. The zero-order valence-electron chi connectivity index (χ0n) is 18.0. The molecule has 0 aliphatic rings. The van der Waals surface area contributed by atoms with Crippen LogP contribution in [-0.4, -0.2) is 65.5 Å². The van der Waals surface area contributed by atoms with Crippen LogP contribution in [0.2, 0.25) is 0 Å². The number of amides is 1. The lowest BCUT2D eigenvalue weighted by Crippen LogP contribution is -2.40. The van der Waals surface area contributed by atoms with Crippen molar-refractivity contribution in [1.29, 1.82) is 0 Å². The Kier molecular flexibility index (Phi) is 8.83. The zero-order chi connectivity index (χ0) is 22.9. The molecule has 0 unspecified atom stereocenters. The molecule has 9 nitrogen and oxygen atoms in total. The molecule has 0 fully saturated rings. The molecule has 31 heavy (non-hydrogen) atoms. The van der Waals surface area contributed by atoms with E-state index in [0.29, 0.717) is 29.2 Å². The van der Waals surface area contributed by atoms with Gasteiger partial charge in [0.2, 0.25) is 15.8 Å². The first-order valence-corrected chi connectivity index (χ1v) is 11.2. The van der Waals surface area contributed by atoms with Crippen molar-refractivity contribution in [3.63, 3.8) is 0 Å². The molecule has 0 saturated heterocycles. The second kappa shape index (κ2) is 11.3. The highest BCUT2D eigenvalue weighted by atomic mass is 32.2. The summed E-state index contributed by atoms with van der Waals surface area (Å²) in [6.45, 7) is -0.148. The predicted octanol–water partition coefficient (Wildman–Crippen LogP) is 1.67. The molecule has 2 rings (SSSR count). The van der Waals surface area contributed by atoms with Crippen LogP contribution < -0.4 is 19.6 Å². The fraction of sp³-hybridized carbons (Fsp3) is 0.333. The summed E-state index contributed by atoms with van der Waals surface area (Å²) in [6, 6.07) is 12.8. The molecule has 2 aromatic rings. The second-order valence-electron chi connectivity index (χ2n) is 6.58. The lowest BCUT2D eigenvalue weighted by atomic mass is 10.1. The van der Waals surface area contributed by atoms with Crippen LogP contribution in [0.5, 0.6) is 17.2 Å². The van der Waals surface area contributed by atoms with E-state index in [1.807, 2.05) is 30.3 Å². The molecule has 1 N–H and O–H groups in total. The Balaban J connectivity index is 2.02. The lowest BCUT2D eigenvalue weighted by Gasteiger charge is -2.18. The standard InChI is InChI=1S/C21H27N3O6S/c1-28-18-12-17(13-19(29-2)21(18)30-3)14-22-23-20(25)15-24(31(4,26)27)11-10-16-8-6-5-7-9-16/h5-9,12-14H,10-11,15H2,1-4H3,(H,23,25). The fourth-order valence-corrected chi connectivity index (χ4v) is 3.59. The molecular formula is C21H27N3O6S. The smallest absolute Gasteiger partial charge is 0.255 e. The first-order valence-electron chi connectivity index (χ1n) is 9.39. The lowest BCUT2D eigenvalue weighted by molar-refractivity contribution is -0.121. The van der Waals surface area contributed by atoms with Crippen molar-refractivity contribution in [3.05, 3.63) is 53.6 Å². The van der Waals surface area contributed by atoms with E-state index in [0.717, 1.165) is 16.1 Å². The Labute approximate surface area is 182 Å². The van der Waals surface area contributed by atoms with Crippen molar-refractivity contribution in [2.75, 3.05) is 40.7 Å². The first-order chi connectivity index (χ1) is 14.8. The highest BCUT2D eigenvalue weighted by molar-refractivity contribution is 7.88. The highest BCUT2D eigenvalue weighted by Crippen LogP contribution is 2.37. The van der Waals surface area contributed by atoms with Gasteiger partial charge in [0.05, 0.1) is 40.3 Å². The van der Waals surface area contributed by atoms with Crippen LogP contribution in [-0.2, 0) is 21.2 Å². The van der Waals surface area contributed by atoms with Gasteiger partial charge in [-0.05, 0) is 24.1 Å². The van der Waals surface area contributed by atoms with E-state index < -0.39 is 15.9 Å². The molecule has 1 amide bonds. The molecule has 0 bridgehead atoms. The molecule has 168 valence electrons. The minimum absolute atomic E-state index is 0.187. The van der Waals surface area contributed by atoms with E-state index in [1.165, 1.54) is 27.5 Å². The molecule has 0 radical (unpaired) electrons. The van der Waals surface area contributed by atoms with Gasteiger partial charge in [0.1, 0.15) is 0 Å². The summed E-state index contributed by atoms with van der Waals surface area (Å²) in [5, 5.41) is 3.90. The number of hydrogen-bond donors (Lipinski definition) is 1. The number of hydrogen-bond acceptors (Lipinski definition) is 7. The van der Waals surface area contributed by atoms with E-state index in [2.05, 4.69) is 10.5 Å². The molecule has 0 heterocycles. The Hall–Kier alpha value is -3.11. The van der Waals surface area contributed by atoms with Crippen molar-refractivity contribution in [1.82, 2.24) is 9.73 Å². The summed E-state index contributed by atoms with van der Waals surface area (Å²) in [5.41, 5.74) is 3.93. The fourth-order valence-electron chi connectivity index (χ4n) is 2.81. The van der Waals surface area contributed by atoms with Gasteiger partial charge < -0.3 is 14.2 Å². The number of rotatable bonds is 11. The van der Waals surface area contributed by atoms with E-state index in [9.17, 15) is 13.2 Å². The van der Waals surface area contributed by atoms with Crippen molar-refractivity contribution >= 4 is 22.1 Å². The third-order valence-electron chi connectivity index (χ3n) is 4.37. The summed E-state index contributed by atoms with van der Waals surface area (Å²) in [7, 11) is 0.931. The summed E-state index contributed by atoms with van der Waals surface area (Å²) < 4.78 is 41.0. The molecule has 0 saturated carbocycles. The van der Waals surface area contributed by atoms with Crippen molar-refractivity contribution in [2.45, 2.75) is 6.42 Å². The van der Waals surface area contributed by atoms with Crippen LogP contribution in [0.1, 0.15) is 11.1 Å². The van der Waals surface area contributed by atoms with E-state index in [1.54, 1.807) is 12.1 Å². The Bertz CT molecular complexity index is 984. The summed E-state index contributed by atoms with van der Waals surface area (Å²) in [4.78, 5) is 12.2. The molecule has 10 heteroatoms. The number of carbonyl (C=O) groups excluding carboxylic acids is 1. The number of carbonyl (C=O) groups is 1. The van der Waals surface area contributed by atoms with E-state index >= 15 is 0 Å². The minimum atomic E-state index is -3.56. The summed E-state index contributed by atoms with van der Waals surface area (Å²) >= 11 is 0. The average Bonchev–Trinajstić information content (AvgIpc) is 2.75. The van der Waals surface area contributed by atoms with Crippen molar-refractivity contribution in [3.8, 4) is 17.2 Å². The van der Waals surface area contributed by atoms with Gasteiger partial charge in [-0.1, -0.05) is 30.3 Å². The number of methoxy groups -OCH3 is 3. The van der Waals surface area contributed by atoms with Gasteiger partial charge >= 0.3 is 0 Å². The first kappa shape index (κ1) is 24.2. The highest BCUT2D eigenvalue weighted by Gasteiger charge is 2.20. The number of nitrogens with zero attached hydrogens (tertiary/aromatic N) is 2. The van der Waals surface area contributed by atoms with Gasteiger partial charge in [-0.3, -0.25) is 4.79 Å². The topological polar surface area (TPSA) is 107 Å². The predicted molar refractivity (Wildman–Crippen MR) is 118 cm³/mol. The molecule has 0 spiro atoms. The van der Waals surface area contributed by atoms with Gasteiger partial charge in [0.15, 0.2) is 11.5 Å². The van der Waals surface area contributed by atoms with Crippen LogP contribution in [0, 0.1) is 0 Å². The monoisotopic (exact) mass is 449 g/mol. The van der Waals surface area contributed by atoms with E-state index in [-0.39, 0.29) is 13.1 Å². The zero-order valence-corrected chi connectivity index (χ0v) is 18.8. The van der Waals surface area contributed by atoms with Gasteiger partial charge in [-0.25, -0.2) is 13.8 Å². The van der Waals surface area contributed by atoms with Gasteiger partial charge in [0.25, 0.3) is 5.91 Å². The maximum atomic E-state index is 12.2. The van der Waals surface area contributed by atoms with Crippen molar-refractivity contribution in [2.24, 2.45) is 5.10 Å².